The number of aromatic nitrogens is 2. The van der Waals surface area contributed by atoms with Crippen LogP contribution in [0.5, 0.6) is 0 Å². The molecule has 1 aliphatic rings. The van der Waals surface area contributed by atoms with Crippen molar-refractivity contribution in [3.05, 3.63) is 48.2 Å². The van der Waals surface area contributed by atoms with Gasteiger partial charge in [0.05, 0.1) is 40.6 Å². The molecule has 1 fully saturated rings. The molecule has 0 bridgehead atoms. The molecule has 2 heterocycles. The number of morpholine rings is 1. The molecular weight excluding hydrogens is 458 g/mol. The van der Waals surface area contributed by atoms with E-state index in [1.54, 1.807) is 18.5 Å². The Morgan fingerprint density at radius 2 is 1.88 bits per heavy atom. The molecule has 1 aromatic heterocycles. The number of hydrogen-bond acceptors (Lipinski definition) is 7. The van der Waals surface area contributed by atoms with Gasteiger partial charge in [-0.3, -0.25) is 9.48 Å². The fourth-order valence-electron chi connectivity index (χ4n) is 3.77. The van der Waals surface area contributed by atoms with Gasteiger partial charge in [0.2, 0.25) is 10.0 Å². The summed E-state index contributed by atoms with van der Waals surface area (Å²) in [6, 6.07) is 9.30. The summed E-state index contributed by atoms with van der Waals surface area (Å²) < 4.78 is 30.3. The highest BCUT2D eigenvalue weighted by Crippen LogP contribution is 2.32. The minimum Gasteiger partial charge on any atom is -0.390 e. The van der Waals surface area contributed by atoms with Crippen LogP contribution in [0.2, 0.25) is 0 Å². The first-order valence-electron chi connectivity index (χ1n) is 11.0. The molecule has 10 nitrogen and oxygen atoms in total. The average Bonchev–Trinajstić information content (AvgIpc) is 3.19. The number of nitrogens with two attached hydrogens (primary N) is 1. The summed E-state index contributed by atoms with van der Waals surface area (Å²) in [5.74, 6) is -0.371. The van der Waals surface area contributed by atoms with Gasteiger partial charge < -0.3 is 20.1 Å². The number of amides is 1. The molecule has 0 atom stereocenters. The predicted octanol–water partition coefficient (Wildman–Crippen LogP) is 1.93. The maximum atomic E-state index is 13.0. The second-order valence-electron chi connectivity index (χ2n) is 9.01. The molecule has 0 unspecified atom stereocenters. The zero-order valence-corrected chi connectivity index (χ0v) is 20.0. The van der Waals surface area contributed by atoms with Crippen molar-refractivity contribution >= 4 is 38.2 Å². The minimum atomic E-state index is -3.84. The van der Waals surface area contributed by atoms with Crippen molar-refractivity contribution in [2.75, 3.05) is 36.5 Å². The summed E-state index contributed by atoms with van der Waals surface area (Å²) in [5, 5.41) is 23.6. The van der Waals surface area contributed by atoms with Crippen molar-refractivity contribution in [3.63, 3.8) is 0 Å². The van der Waals surface area contributed by atoms with Crippen LogP contribution in [0.15, 0.2) is 47.5 Å². The van der Waals surface area contributed by atoms with Crippen LogP contribution in [0.25, 0.3) is 10.9 Å². The Morgan fingerprint density at radius 3 is 2.50 bits per heavy atom. The Kier molecular flexibility index (Phi) is 6.63. The maximum absolute atomic E-state index is 13.0. The molecule has 11 heteroatoms. The standard InChI is InChI=1S/C23H29N5O5S/c1-23(2,30)7-8-28-15-17-13-20(21(14-19(17)26-28)27-9-11-33-12-10-27)25-22(29)16-3-5-18(6-4-16)34(24,31)32/h3-6,13-15,30H,7-12H2,1-2H3,(H,25,29)(H2,24,31,32). The number of aliphatic hydroxyl groups is 1. The van der Waals surface area contributed by atoms with E-state index in [0.29, 0.717) is 50.5 Å². The number of ether oxygens (including phenoxy) is 1. The normalized spacial score (nSPS) is 15.0. The minimum absolute atomic E-state index is 0.0575. The maximum Gasteiger partial charge on any atom is 0.255 e. The molecule has 2 aromatic carbocycles. The molecule has 1 amide bonds. The van der Waals surface area contributed by atoms with Crippen molar-refractivity contribution in [1.82, 2.24) is 9.78 Å². The molecule has 182 valence electrons. The first-order valence-corrected chi connectivity index (χ1v) is 12.5. The summed E-state index contributed by atoms with van der Waals surface area (Å²) in [5.41, 5.74) is 1.75. The van der Waals surface area contributed by atoms with Crippen molar-refractivity contribution in [3.8, 4) is 0 Å². The van der Waals surface area contributed by atoms with Crippen LogP contribution in [0.3, 0.4) is 0 Å². The molecule has 0 radical (unpaired) electrons. The summed E-state index contributed by atoms with van der Waals surface area (Å²) >= 11 is 0. The van der Waals surface area contributed by atoms with Crippen LogP contribution >= 0.6 is 0 Å². The molecule has 4 N–H and O–H groups in total. The van der Waals surface area contributed by atoms with Crippen LogP contribution in [-0.2, 0) is 21.3 Å². The van der Waals surface area contributed by atoms with Crippen LogP contribution < -0.4 is 15.4 Å². The van der Waals surface area contributed by atoms with E-state index in [1.165, 1.54) is 24.3 Å². The van der Waals surface area contributed by atoms with Gasteiger partial charge >= 0.3 is 0 Å². The van der Waals surface area contributed by atoms with Gasteiger partial charge in [-0.05, 0) is 56.7 Å². The Hall–Kier alpha value is -2.99. The highest BCUT2D eigenvalue weighted by atomic mass is 32.2. The Morgan fingerprint density at radius 1 is 1.21 bits per heavy atom. The van der Waals surface area contributed by atoms with E-state index in [0.717, 1.165) is 16.6 Å². The van der Waals surface area contributed by atoms with Gasteiger partial charge in [0.1, 0.15) is 0 Å². The van der Waals surface area contributed by atoms with Crippen LogP contribution in [-0.4, -0.2) is 61.1 Å². The Labute approximate surface area is 198 Å². The van der Waals surface area contributed by atoms with E-state index in [9.17, 15) is 18.3 Å². The number of aryl methyl sites for hydroxylation is 1. The van der Waals surface area contributed by atoms with Crippen LogP contribution in [0.1, 0.15) is 30.6 Å². The monoisotopic (exact) mass is 487 g/mol. The SMILES string of the molecule is CC(C)(O)CCn1cc2cc(NC(=O)c3ccc(S(N)(=O)=O)cc3)c(N3CCOCC3)cc2n1. The number of benzene rings is 2. The highest BCUT2D eigenvalue weighted by Gasteiger charge is 2.20. The summed E-state index contributed by atoms with van der Waals surface area (Å²) in [6.07, 6.45) is 2.44. The van der Waals surface area contributed by atoms with Gasteiger partial charge in [0.15, 0.2) is 0 Å². The van der Waals surface area contributed by atoms with E-state index < -0.39 is 15.6 Å². The number of anilines is 2. The van der Waals surface area contributed by atoms with Crippen molar-refractivity contribution in [1.29, 1.82) is 0 Å². The first-order chi connectivity index (χ1) is 16.0. The number of carbonyl (C=O) groups excluding carboxylic acids is 1. The van der Waals surface area contributed by atoms with Gasteiger partial charge in [0.25, 0.3) is 5.91 Å². The molecule has 0 saturated carbocycles. The van der Waals surface area contributed by atoms with Gasteiger partial charge in [-0.2, -0.15) is 5.10 Å². The molecule has 4 rings (SSSR count). The Bertz CT molecular complexity index is 1290. The smallest absolute Gasteiger partial charge is 0.255 e. The fraction of sp³-hybridized carbons (Fsp3) is 0.391. The number of primary sulfonamides is 1. The van der Waals surface area contributed by atoms with E-state index in [4.69, 9.17) is 9.88 Å². The summed E-state index contributed by atoms with van der Waals surface area (Å²) in [6.45, 7) is 6.60. The number of sulfonamides is 1. The molecule has 1 saturated heterocycles. The lowest BCUT2D eigenvalue weighted by Crippen LogP contribution is -2.36. The van der Waals surface area contributed by atoms with Gasteiger partial charge in [0, 0.05) is 36.8 Å². The molecule has 0 spiro atoms. The molecule has 34 heavy (non-hydrogen) atoms. The van der Waals surface area contributed by atoms with Gasteiger partial charge in [-0.25, -0.2) is 13.6 Å². The number of hydrogen-bond donors (Lipinski definition) is 3. The van der Waals surface area contributed by atoms with Crippen LogP contribution in [0.4, 0.5) is 11.4 Å². The number of carbonyl (C=O) groups is 1. The summed E-state index contributed by atoms with van der Waals surface area (Å²) in [4.78, 5) is 15.1. The van der Waals surface area contributed by atoms with Gasteiger partial charge in [-0.1, -0.05) is 0 Å². The van der Waals surface area contributed by atoms with Crippen molar-refractivity contribution < 1.29 is 23.1 Å². The van der Waals surface area contributed by atoms with Crippen molar-refractivity contribution in [2.45, 2.75) is 37.3 Å². The van der Waals surface area contributed by atoms with E-state index in [-0.39, 0.29) is 10.8 Å². The number of fused-ring (bicyclic) bond motifs is 1. The lowest BCUT2D eigenvalue weighted by molar-refractivity contribution is 0.0651. The molecule has 0 aliphatic carbocycles. The summed E-state index contributed by atoms with van der Waals surface area (Å²) in [7, 11) is -3.84. The number of nitrogens with one attached hydrogen (secondary N) is 1. The average molecular weight is 488 g/mol. The first kappa shape index (κ1) is 24.1. The predicted molar refractivity (Wildman–Crippen MR) is 129 cm³/mol. The fourth-order valence-corrected chi connectivity index (χ4v) is 4.29. The topological polar surface area (TPSA) is 140 Å². The van der Waals surface area contributed by atoms with Crippen LogP contribution in [0, 0.1) is 0 Å². The quantitative estimate of drug-likeness (QED) is 0.463. The van der Waals surface area contributed by atoms with E-state index >= 15 is 0 Å². The third-order valence-corrected chi connectivity index (χ3v) is 6.60. The van der Waals surface area contributed by atoms with Crippen molar-refractivity contribution in [2.24, 2.45) is 5.14 Å². The lowest BCUT2D eigenvalue weighted by atomic mass is 10.1. The highest BCUT2D eigenvalue weighted by molar-refractivity contribution is 7.89. The second-order valence-corrected chi connectivity index (χ2v) is 10.6. The molecule has 3 aromatic rings. The molecular formula is C23H29N5O5S. The third-order valence-electron chi connectivity index (χ3n) is 5.67. The lowest BCUT2D eigenvalue weighted by Gasteiger charge is -2.30. The second kappa shape index (κ2) is 9.34. The van der Waals surface area contributed by atoms with E-state index in [2.05, 4.69) is 15.3 Å². The van der Waals surface area contributed by atoms with E-state index in [1.807, 2.05) is 18.3 Å². The third kappa shape index (κ3) is 5.73. The largest absolute Gasteiger partial charge is 0.390 e. The number of nitrogens with zero attached hydrogens (tertiary/aromatic N) is 3. The van der Waals surface area contributed by atoms with Gasteiger partial charge in [-0.15, -0.1) is 0 Å². The zero-order chi connectivity index (χ0) is 24.5. The Balaban J connectivity index is 1.65. The molecule has 1 aliphatic heterocycles. The zero-order valence-electron chi connectivity index (χ0n) is 19.2. The number of rotatable bonds is 7.